The van der Waals surface area contributed by atoms with Crippen LogP contribution in [0.3, 0.4) is 0 Å². The van der Waals surface area contributed by atoms with Crippen molar-refractivity contribution in [2.24, 2.45) is 5.92 Å². The summed E-state index contributed by atoms with van der Waals surface area (Å²) in [5.41, 5.74) is 0.286. The van der Waals surface area contributed by atoms with Gasteiger partial charge in [-0.05, 0) is 50.1 Å². The Labute approximate surface area is 152 Å². The molecular weight excluding hydrogens is 346 g/mol. The topological polar surface area (TPSA) is 55.4 Å². The molecule has 0 radical (unpaired) electrons. The number of esters is 1. The van der Waals surface area contributed by atoms with E-state index in [1.807, 2.05) is 12.3 Å². The van der Waals surface area contributed by atoms with E-state index >= 15 is 0 Å². The van der Waals surface area contributed by atoms with Gasteiger partial charge in [-0.25, -0.2) is 4.79 Å². The van der Waals surface area contributed by atoms with Gasteiger partial charge in [0.25, 0.3) is 5.91 Å². The predicted octanol–water partition coefficient (Wildman–Crippen LogP) is 4.30. The number of amides is 1. The Morgan fingerprint density at radius 2 is 2.04 bits per heavy atom. The van der Waals surface area contributed by atoms with Crippen LogP contribution in [0.2, 0.25) is 5.02 Å². The lowest BCUT2D eigenvalue weighted by Gasteiger charge is -2.30. The average Bonchev–Trinajstić information content (AvgIpc) is 2.57. The van der Waals surface area contributed by atoms with Crippen molar-refractivity contribution >= 4 is 35.2 Å². The van der Waals surface area contributed by atoms with Crippen LogP contribution in [0.1, 0.15) is 49.9 Å². The minimum Gasteiger partial charge on any atom is -0.449 e. The van der Waals surface area contributed by atoms with Gasteiger partial charge in [0.1, 0.15) is 0 Å². The molecule has 1 N–H and O–H groups in total. The summed E-state index contributed by atoms with van der Waals surface area (Å²) in [6, 6.07) is 5.35. The summed E-state index contributed by atoms with van der Waals surface area (Å²) in [6.45, 7) is 3.74. The molecule has 1 aliphatic carbocycles. The van der Waals surface area contributed by atoms with Crippen LogP contribution in [0.4, 0.5) is 0 Å². The normalized spacial score (nSPS) is 21.8. The van der Waals surface area contributed by atoms with Crippen LogP contribution in [-0.2, 0) is 9.53 Å². The number of ether oxygens (including phenoxy) is 1. The number of thioether (sulfide) groups is 1. The fraction of sp³-hybridized carbons (Fsp3) is 0.556. The van der Waals surface area contributed by atoms with Gasteiger partial charge in [0.15, 0.2) is 6.10 Å². The standard InChI is InChI=1S/C18H24ClNO3S/c1-11-6-4-5-7-16(11)20-17(21)12(2)23-18(22)14-10-13(24-3)8-9-15(14)19/h8-12,16H,4-7H2,1-3H3,(H,20,21). The van der Waals surface area contributed by atoms with E-state index in [2.05, 4.69) is 12.2 Å². The Kier molecular flexibility index (Phi) is 6.99. The van der Waals surface area contributed by atoms with Gasteiger partial charge in [-0.15, -0.1) is 11.8 Å². The largest absolute Gasteiger partial charge is 0.449 e. The third-order valence-corrected chi connectivity index (χ3v) is 5.54. The van der Waals surface area contributed by atoms with E-state index < -0.39 is 12.1 Å². The lowest BCUT2D eigenvalue weighted by Crippen LogP contribution is -2.46. The molecule has 0 bridgehead atoms. The highest BCUT2D eigenvalue weighted by molar-refractivity contribution is 7.98. The highest BCUT2D eigenvalue weighted by Crippen LogP contribution is 2.25. The van der Waals surface area contributed by atoms with Crippen molar-refractivity contribution in [3.63, 3.8) is 0 Å². The molecular formula is C18H24ClNO3S. The van der Waals surface area contributed by atoms with Gasteiger partial charge in [0.2, 0.25) is 0 Å². The maximum Gasteiger partial charge on any atom is 0.340 e. The molecule has 0 heterocycles. The van der Waals surface area contributed by atoms with Crippen molar-refractivity contribution in [1.82, 2.24) is 5.32 Å². The number of benzene rings is 1. The van der Waals surface area contributed by atoms with Crippen molar-refractivity contribution in [3.8, 4) is 0 Å². The van der Waals surface area contributed by atoms with E-state index in [-0.39, 0.29) is 17.5 Å². The zero-order valence-corrected chi connectivity index (χ0v) is 15.9. The Morgan fingerprint density at radius 1 is 1.33 bits per heavy atom. The first-order valence-electron chi connectivity index (χ1n) is 8.27. The fourth-order valence-electron chi connectivity index (χ4n) is 2.90. The summed E-state index contributed by atoms with van der Waals surface area (Å²) in [6.07, 6.45) is 5.51. The molecule has 0 spiro atoms. The third kappa shape index (κ3) is 4.90. The Bertz CT molecular complexity index is 608. The zero-order chi connectivity index (χ0) is 17.7. The maximum atomic E-state index is 12.3. The van der Waals surface area contributed by atoms with E-state index in [1.54, 1.807) is 19.1 Å². The van der Waals surface area contributed by atoms with Crippen molar-refractivity contribution in [2.45, 2.75) is 56.6 Å². The number of hydrogen-bond acceptors (Lipinski definition) is 4. The molecule has 4 nitrogen and oxygen atoms in total. The molecule has 0 aliphatic heterocycles. The molecule has 3 atom stereocenters. The number of carbonyl (C=O) groups excluding carboxylic acids is 2. The quantitative estimate of drug-likeness (QED) is 0.621. The highest BCUT2D eigenvalue weighted by atomic mass is 35.5. The molecule has 1 fully saturated rings. The Balaban J connectivity index is 1.96. The Hall–Kier alpha value is -1.20. The van der Waals surface area contributed by atoms with Crippen molar-refractivity contribution in [2.75, 3.05) is 6.26 Å². The predicted molar refractivity (Wildman–Crippen MR) is 97.7 cm³/mol. The molecule has 1 aromatic rings. The first-order valence-corrected chi connectivity index (χ1v) is 9.87. The molecule has 2 rings (SSSR count). The van der Waals surface area contributed by atoms with Gasteiger partial charge < -0.3 is 10.1 Å². The van der Waals surface area contributed by atoms with Crippen molar-refractivity contribution in [3.05, 3.63) is 28.8 Å². The van der Waals surface area contributed by atoms with Crippen molar-refractivity contribution < 1.29 is 14.3 Å². The molecule has 24 heavy (non-hydrogen) atoms. The van der Waals surface area contributed by atoms with Crippen LogP contribution in [0.5, 0.6) is 0 Å². The number of rotatable bonds is 5. The summed E-state index contributed by atoms with van der Waals surface area (Å²) in [7, 11) is 0. The van der Waals surface area contributed by atoms with Gasteiger partial charge in [-0.3, -0.25) is 4.79 Å². The van der Waals surface area contributed by atoms with Gasteiger partial charge >= 0.3 is 5.97 Å². The zero-order valence-electron chi connectivity index (χ0n) is 14.3. The molecule has 1 amide bonds. The summed E-state index contributed by atoms with van der Waals surface area (Å²) < 4.78 is 5.31. The molecule has 0 saturated heterocycles. The molecule has 1 aliphatic rings. The molecule has 132 valence electrons. The van der Waals surface area contributed by atoms with Crippen LogP contribution in [0.15, 0.2) is 23.1 Å². The second-order valence-electron chi connectivity index (χ2n) is 6.27. The number of halogens is 1. The summed E-state index contributed by atoms with van der Waals surface area (Å²) >= 11 is 7.59. The van der Waals surface area contributed by atoms with Crippen molar-refractivity contribution in [1.29, 1.82) is 0 Å². The van der Waals surface area contributed by atoms with Crippen LogP contribution in [0.25, 0.3) is 0 Å². The van der Waals surface area contributed by atoms with Gasteiger partial charge in [0, 0.05) is 10.9 Å². The van der Waals surface area contributed by atoms with Crippen LogP contribution >= 0.6 is 23.4 Å². The summed E-state index contributed by atoms with van der Waals surface area (Å²) in [5.74, 6) is -0.368. The lowest BCUT2D eigenvalue weighted by molar-refractivity contribution is -0.130. The van der Waals surface area contributed by atoms with E-state index in [9.17, 15) is 9.59 Å². The average molecular weight is 370 g/mol. The summed E-state index contributed by atoms with van der Waals surface area (Å²) in [5, 5.41) is 3.33. The smallest absolute Gasteiger partial charge is 0.340 e. The van der Waals surface area contributed by atoms with Gasteiger partial charge in [-0.2, -0.15) is 0 Å². The van der Waals surface area contributed by atoms with E-state index in [1.165, 1.54) is 18.2 Å². The first-order chi connectivity index (χ1) is 11.4. The molecule has 0 aromatic heterocycles. The second kappa shape index (κ2) is 8.77. The maximum absolute atomic E-state index is 12.3. The molecule has 6 heteroatoms. The second-order valence-corrected chi connectivity index (χ2v) is 7.56. The van der Waals surface area contributed by atoms with Gasteiger partial charge in [-0.1, -0.05) is 31.4 Å². The number of carbonyl (C=O) groups is 2. The Morgan fingerprint density at radius 3 is 2.71 bits per heavy atom. The molecule has 3 unspecified atom stereocenters. The van der Waals surface area contributed by atoms with Crippen LogP contribution in [-0.4, -0.2) is 30.3 Å². The minimum atomic E-state index is -0.847. The SMILES string of the molecule is CSc1ccc(Cl)c(C(=O)OC(C)C(=O)NC2CCCCC2C)c1. The van der Waals surface area contributed by atoms with Crippen LogP contribution in [0, 0.1) is 5.92 Å². The van der Waals surface area contributed by atoms with Gasteiger partial charge in [0.05, 0.1) is 10.6 Å². The molecule has 1 saturated carbocycles. The monoisotopic (exact) mass is 369 g/mol. The minimum absolute atomic E-state index is 0.163. The first kappa shape index (κ1) is 19.1. The number of nitrogens with one attached hydrogen (secondary N) is 1. The van der Waals surface area contributed by atoms with Crippen LogP contribution < -0.4 is 5.32 Å². The number of hydrogen-bond donors (Lipinski definition) is 1. The van der Waals surface area contributed by atoms with E-state index in [0.29, 0.717) is 10.9 Å². The van der Waals surface area contributed by atoms with E-state index in [4.69, 9.17) is 16.3 Å². The summed E-state index contributed by atoms with van der Waals surface area (Å²) in [4.78, 5) is 25.5. The lowest BCUT2D eigenvalue weighted by atomic mass is 9.86. The third-order valence-electron chi connectivity index (χ3n) is 4.49. The van der Waals surface area contributed by atoms with E-state index in [0.717, 1.165) is 24.2 Å². The fourth-order valence-corrected chi connectivity index (χ4v) is 3.53. The molecule has 1 aromatic carbocycles. The highest BCUT2D eigenvalue weighted by Gasteiger charge is 2.27.